The number of pyridine rings is 1. The van der Waals surface area contributed by atoms with Gasteiger partial charge in [-0.25, -0.2) is 0 Å². The minimum absolute atomic E-state index is 0.0440. The number of nitrogens with zero attached hydrogens (tertiary/aromatic N) is 1. The number of aromatic nitrogens is 1. The third kappa shape index (κ3) is 5.40. The number of hydrogen-bond donors (Lipinski definition) is 2. The van der Waals surface area contributed by atoms with E-state index in [1.807, 2.05) is 24.3 Å². The summed E-state index contributed by atoms with van der Waals surface area (Å²) >= 11 is 0. The van der Waals surface area contributed by atoms with Crippen LogP contribution in [0.3, 0.4) is 0 Å². The van der Waals surface area contributed by atoms with Crippen LogP contribution in [0.5, 0.6) is 0 Å². The fraction of sp³-hybridized carbons (Fsp3) is 0.368. The van der Waals surface area contributed by atoms with E-state index in [1.165, 1.54) is 5.56 Å². The molecule has 0 spiro atoms. The monoisotopic (exact) mass is 311 g/mol. The summed E-state index contributed by atoms with van der Waals surface area (Å²) in [6.07, 6.45) is 3.91. The van der Waals surface area contributed by atoms with E-state index in [9.17, 15) is 4.79 Å². The van der Waals surface area contributed by atoms with Crippen molar-refractivity contribution in [2.45, 2.75) is 39.2 Å². The fourth-order valence-electron chi connectivity index (χ4n) is 2.39. The highest BCUT2D eigenvalue weighted by Crippen LogP contribution is 2.29. The van der Waals surface area contributed by atoms with E-state index >= 15 is 0 Å². The van der Waals surface area contributed by atoms with Gasteiger partial charge in [0.25, 0.3) is 0 Å². The number of anilines is 1. The van der Waals surface area contributed by atoms with Crippen molar-refractivity contribution in [2.75, 3.05) is 11.9 Å². The number of hydrogen-bond acceptors (Lipinski definition) is 3. The molecule has 4 nitrogen and oxygen atoms in total. The molecule has 0 aliphatic rings. The maximum absolute atomic E-state index is 11.9. The minimum atomic E-state index is 0.0440. The Bertz CT molecular complexity index is 633. The SMILES string of the molecule is CC(C)(C)c1ccccc1NCCC(=O)NCc1ccncc1. The van der Waals surface area contributed by atoms with E-state index in [1.54, 1.807) is 12.4 Å². The first-order valence-corrected chi connectivity index (χ1v) is 7.96. The van der Waals surface area contributed by atoms with Crippen LogP contribution in [0.15, 0.2) is 48.8 Å². The summed E-state index contributed by atoms with van der Waals surface area (Å²) in [6, 6.07) is 12.1. The van der Waals surface area contributed by atoms with Crippen LogP contribution in [0, 0.1) is 0 Å². The summed E-state index contributed by atoms with van der Waals surface area (Å²) in [5.74, 6) is 0.0440. The maximum atomic E-state index is 11.9. The van der Waals surface area contributed by atoms with Crippen LogP contribution in [0.1, 0.15) is 38.3 Å². The molecule has 2 aromatic rings. The molecule has 2 rings (SSSR count). The second kappa shape index (κ2) is 7.77. The number of rotatable bonds is 6. The van der Waals surface area contributed by atoms with Gasteiger partial charge >= 0.3 is 0 Å². The molecular weight excluding hydrogens is 286 g/mol. The quantitative estimate of drug-likeness (QED) is 0.858. The van der Waals surface area contributed by atoms with E-state index in [0.717, 1.165) is 11.3 Å². The average Bonchev–Trinajstić information content (AvgIpc) is 2.53. The number of nitrogens with one attached hydrogen (secondary N) is 2. The maximum Gasteiger partial charge on any atom is 0.222 e. The number of carbonyl (C=O) groups is 1. The lowest BCUT2D eigenvalue weighted by Gasteiger charge is -2.23. The third-order valence-corrected chi connectivity index (χ3v) is 3.64. The highest BCUT2D eigenvalue weighted by molar-refractivity contribution is 5.76. The molecule has 0 radical (unpaired) electrons. The lowest BCUT2D eigenvalue weighted by Crippen LogP contribution is -2.25. The summed E-state index contributed by atoms with van der Waals surface area (Å²) in [5.41, 5.74) is 3.49. The Balaban J connectivity index is 1.80. The number of para-hydroxylation sites is 1. The first-order chi connectivity index (χ1) is 11.0. The zero-order valence-electron chi connectivity index (χ0n) is 14.1. The van der Waals surface area contributed by atoms with Gasteiger partial charge in [0.2, 0.25) is 5.91 Å². The van der Waals surface area contributed by atoms with Crippen molar-refractivity contribution in [3.63, 3.8) is 0 Å². The molecule has 23 heavy (non-hydrogen) atoms. The van der Waals surface area contributed by atoms with E-state index in [0.29, 0.717) is 19.5 Å². The molecule has 0 unspecified atom stereocenters. The van der Waals surface area contributed by atoms with Gasteiger partial charge in [-0.15, -0.1) is 0 Å². The highest BCUT2D eigenvalue weighted by atomic mass is 16.1. The van der Waals surface area contributed by atoms with E-state index in [4.69, 9.17) is 0 Å². The minimum Gasteiger partial charge on any atom is -0.384 e. The molecule has 4 heteroatoms. The molecule has 0 saturated heterocycles. The van der Waals surface area contributed by atoms with Crippen molar-refractivity contribution in [3.8, 4) is 0 Å². The zero-order valence-corrected chi connectivity index (χ0v) is 14.1. The predicted molar refractivity (Wildman–Crippen MR) is 94.3 cm³/mol. The standard InChI is InChI=1S/C19H25N3O/c1-19(2,3)16-6-4-5-7-17(16)21-13-10-18(23)22-14-15-8-11-20-12-9-15/h4-9,11-12,21H,10,13-14H2,1-3H3,(H,22,23). The number of benzene rings is 1. The Morgan fingerprint density at radius 1 is 1.09 bits per heavy atom. The van der Waals surface area contributed by atoms with Gasteiger partial charge in [0, 0.05) is 37.6 Å². The molecule has 1 amide bonds. The molecule has 0 bridgehead atoms. The second-order valence-corrected chi connectivity index (χ2v) is 6.60. The smallest absolute Gasteiger partial charge is 0.222 e. The van der Waals surface area contributed by atoms with Gasteiger partial charge in [-0.2, -0.15) is 0 Å². The summed E-state index contributed by atoms with van der Waals surface area (Å²) in [7, 11) is 0. The van der Waals surface area contributed by atoms with E-state index in [-0.39, 0.29) is 11.3 Å². The van der Waals surface area contributed by atoms with E-state index in [2.05, 4.69) is 48.5 Å². The Morgan fingerprint density at radius 2 is 1.78 bits per heavy atom. The lowest BCUT2D eigenvalue weighted by atomic mass is 9.86. The van der Waals surface area contributed by atoms with Crippen molar-refractivity contribution >= 4 is 11.6 Å². The van der Waals surface area contributed by atoms with Gasteiger partial charge in [0.15, 0.2) is 0 Å². The highest BCUT2D eigenvalue weighted by Gasteiger charge is 2.17. The van der Waals surface area contributed by atoms with Crippen molar-refractivity contribution in [1.29, 1.82) is 0 Å². The zero-order chi connectivity index (χ0) is 16.7. The van der Waals surface area contributed by atoms with Crippen LogP contribution < -0.4 is 10.6 Å². The Hall–Kier alpha value is -2.36. The molecule has 0 fully saturated rings. The molecule has 1 heterocycles. The summed E-state index contributed by atoms with van der Waals surface area (Å²) in [5, 5.41) is 6.30. The van der Waals surface area contributed by atoms with Crippen molar-refractivity contribution in [3.05, 3.63) is 59.9 Å². The summed E-state index contributed by atoms with van der Waals surface area (Å²) in [4.78, 5) is 15.9. The molecule has 1 aromatic carbocycles. The first kappa shape index (κ1) is 17.0. The van der Waals surface area contributed by atoms with Crippen molar-refractivity contribution in [2.24, 2.45) is 0 Å². The van der Waals surface area contributed by atoms with Gasteiger partial charge in [-0.05, 0) is 34.7 Å². The number of amides is 1. The second-order valence-electron chi connectivity index (χ2n) is 6.60. The topological polar surface area (TPSA) is 54.0 Å². The molecule has 0 saturated carbocycles. The molecule has 0 aliphatic carbocycles. The third-order valence-electron chi connectivity index (χ3n) is 3.64. The number of carbonyl (C=O) groups excluding carboxylic acids is 1. The normalized spacial score (nSPS) is 11.1. The molecule has 1 aromatic heterocycles. The Labute approximate surface area is 138 Å². The van der Waals surface area contributed by atoms with Crippen molar-refractivity contribution < 1.29 is 4.79 Å². The van der Waals surface area contributed by atoms with Gasteiger partial charge in [0.05, 0.1) is 0 Å². The van der Waals surface area contributed by atoms with Gasteiger partial charge in [-0.3, -0.25) is 9.78 Å². The molecule has 2 N–H and O–H groups in total. The van der Waals surface area contributed by atoms with Gasteiger partial charge in [0.1, 0.15) is 0 Å². The summed E-state index contributed by atoms with van der Waals surface area (Å²) in [6.45, 7) is 7.73. The average molecular weight is 311 g/mol. The molecule has 0 aliphatic heterocycles. The predicted octanol–water partition coefficient (Wildman–Crippen LogP) is 3.50. The Morgan fingerprint density at radius 3 is 2.48 bits per heavy atom. The van der Waals surface area contributed by atoms with Gasteiger partial charge in [-0.1, -0.05) is 39.0 Å². The van der Waals surface area contributed by atoms with Crippen LogP contribution >= 0.6 is 0 Å². The van der Waals surface area contributed by atoms with Crippen LogP contribution in [-0.4, -0.2) is 17.4 Å². The van der Waals surface area contributed by atoms with Crippen molar-refractivity contribution in [1.82, 2.24) is 10.3 Å². The van der Waals surface area contributed by atoms with Crippen LogP contribution in [-0.2, 0) is 16.8 Å². The van der Waals surface area contributed by atoms with Crippen LogP contribution in [0.2, 0.25) is 0 Å². The van der Waals surface area contributed by atoms with Gasteiger partial charge < -0.3 is 10.6 Å². The largest absolute Gasteiger partial charge is 0.384 e. The lowest BCUT2D eigenvalue weighted by molar-refractivity contribution is -0.121. The fourth-order valence-corrected chi connectivity index (χ4v) is 2.39. The first-order valence-electron chi connectivity index (χ1n) is 7.96. The molecular formula is C19H25N3O. The van der Waals surface area contributed by atoms with E-state index < -0.39 is 0 Å². The van der Waals surface area contributed by atoms with Crippen LogP contribution in [0.4, 0.5) is 5.69 Å². The van der Waals surface area contributed by atoms with Crippen LogP contribution in [0.25, 0.3) is 0 Å². The summed E-state index contributed by atoms with van der Waals surface area (Å²) < 4.78 is 0. The molecule has 0 atom stereocenters. The Kier molecular flexibility index (Phi) is 5.74. The molecule has 122 valence electrons.